The van der Waals surface area contributed by atoms with Gasteiger partial charge in [-0.05, 0) is 36.1 Å². The first-order valence-corrected chi connectivity index (χ1v) is 8.51. The summed E-state index contributed by atoms with van der Waals surface area (Å²) < 4.78 is 0. The zero-order valence-electron chi connectivity index (χ0n) is 12.2. The summed E-state index contributed by atoms with van der Waals surface area (Å²) in [4.78, 5) is 37.8. The van der Waals surface area contributed by atoms with Gasteiger partial charge in [-0.15, -0.1) is 11.3 Å². The van der Waals surface area contributed by atoms with E-state index in [1.807, 2.05) is 11.4 Å². The Morgan fingerprint density at radius 2 is 2.00 bits per heavy atom. The van der Waals surface area contributed by atoms with Crippen molar-refractivity contribution < 1.29 is 19.5 Å². The first-order chi connectivity index (χ1) is 10.6. The van der Waals surface area contributed by atoms with Crippen LogP contribution in [0.3, 0.4) is 0 Å². The molecule has 3 rings (SSSR count). The smallest absolute Gasteiger partial charge is 0.308 e. The molecule has 22 heavy (non-hydrogen) atoms. The monoisotopic (exact) mass is 321 g/mol. The lowest BCUT2D eigenvalue weighted by Gasteiger charge is -2.15. The number of aliphatic carboxylic acids is 1. The molecule has 1 aromatic heterocycles. The number of likely N-dealkylation sites (tertiary alicyclic amines) is 1. The predicted octanol–water partition coefficient (Wildman–Crippen LogP) is 2.28. The molecule has 1 saturated carbocycles. The van der Waals surface area contributed by atoms with Crippen molar-refractivity contribution in [2.24, 2.45) is 17.8 Å². The maximum atomic E-state index is 12.3. The fourth-order valence-corrected chi connectivity index (χ4v) is 3.93. The maximum absolute atomic E-state index is 12.3. The van der Waals surface area contributed by atoms with Crippen molar-refractivity contribution in [2.45, 2.75) is 25.7 Å². The van der Waals surface area contributed by atoms with Gasteiger partial charge in [0.1, 0.15) is 0 Å². The van der Waals surface area contributed by atoms with Gasteiger partial charge in [0, 0.05) is 25.9 Å². The largest absolute Gasteiger partial charge is 0.481 e. The van der Waals surface area contributed by atoms with Crippen LogP contribution in [0.1, 0.15) is 35.4 Å². The van der Waals surface area contributed by atoms with Crippen molar-refractivity contribution in [3.63, 3.8) is 0 Å². The molecule has 1 saturated heterocycles. The Morgan fingerprint density at radius 3 is 2.59 bits per heavy atom. The van der Waals surface area contributed by atoms with E-state index in [0.717, 1.165) is 12.8 Å². The number of nitrogens with zero attached hydrogens (tertiary/aromatic N) is 1. The molecule has 1 aliphatic carbocycles. The third-order valence-corrected chi connectivity index (χ3v) is 5.54. The standard InChI is InChI=1S/C16H19NO4S/c18-13(14-2-1-7-22-14)5-6-15(19)17-8-11(10-3-4-10)12(9-17)16(20)21/h1-2,7,10-12H,3-6,8-9H2,(H,20,21)/t11-,12+/m1/s1. The number of carboxylic acid groups (broad SMARTS) is 1. The van der Waals surface area contributed by atoms with Gasteiger partial charge in [-0.2, -0.15) is 0 Å². The van der Waals surface area contributed by atoms with E-state index in [1.54, 1.807) is 11.0 Å². The zero-order chi connectivity index (χ0) is 15.7. The van der Waals surface area contributed by atoms with E-state index in [9.17, 15) is 19.5 Å². The second-order valence-corrected chi connectivity index (χ2v) is 7.09. The van der Waals surface area contributed by atoms with Crippen molar-refractivity contribution in [1.82, 2.24) is 4.90 Å². The van der Waals surface area contributed by atoms with E-state index >= 15 is 0 Å². The highest BCUT2D eigenvalue weighted by Crippen LogP contribution is 2.44. The molecule has 2 aliphatic rings. The summed E-state index contributed by atoms with van der Waals surface area (Å²) in [5, 5.41) is 11.2. The molecule has 0 bridgehead atoms. The summed E-state index contributed by atoms with van der Waals surface area (Å²) in [5.74, 6) is -0.803. The number of carbonyl (C=O) groups excluding carboxylic acids is 2. The molecule has 0 aromatic carbocycles. The molecule has 1 amide bonds. The number of Topliss-reactive ketones (excluding diaryl/α,β-unsaturated/α-hetero) is 1. The lowest BCUT2D eigenvalue weighted by Crippen LogP contribution is -2.30. The number of amides is 1. The Labute approximate surface area is 132 Å². The molecule has 0 unspecified atom stereocenters. The Hall–Kier alpha value is -1.69. The summed E-state index contributed by atoms with van der Waals surface area (Å²) in [7, 11) is 0. The van der Waals surface area contributed by atoms with Crippen molar-refractivity contribution in [2.75, 3.05) is 13.1 Å². The number of hydrogen-bond acceptors (Lipinski definition) is 4. The number of ketones is 1. The highest BCUT2D eigenvalue weighted by atomic mass is 32.1. The number of rotatable bonds is 6. The Bertz CT molecular complexity index is 579. The Kier molecular flexibility index (Phi) is 4.29. The Balaban J connectivity index is 1.54. The topological polar surface area (TPSA) is 74.7 Å². The van der Waals surface area contributed by atoms with Crippen molar-refractivity contribution in [3.05, 3.63) is 22.4 Å². The van der Waals surface area contributed by atoms with Crippen LogP contribution in [0.5, 0.6) is 0 Å². The van der Waals surface area contributed by atoms with Gasteiger partial charge in [-0.25, -0.2) is 0 Å². The average Bonchev–Trinajstić information content (AvgIpc) is 3.04. The van der Waals surface area contributed by atoms with Crippen LogP contribution in [0.15, 0.2) is 17.5 Å². The molecular weight excluding hydrogens is 302 g/mol. The van der Waals surface area contributed by atoms with E-state index < -0.39 is 11.9 Å². The number of carboxylic acids is 1. The fourth-order valence-electron chi connectivity index (χ4n) is 3.23. The summed E-state index contributed by atoms with van der Waals surface area (Å²) in [6.45, 7) is 0.830. The van der Waals surface area contributed by atoms with Gasteiger partial charge >= 0.3 is 5.97 Å². The second kappa shape index (κ2) is 6.20. The fraction of sp³-hybridized carbons (Fsp3) is 0.562. The van der Waals surface area contributed by atoms with Crippen LogP contribution in [0.2, 0.25) is 0 Å². The van der Waals surface area contributed by atoms with Crippen LogP contribution < -0.4 is 0 Å². The van der Waals surface area contributed by atoms with E-state index in [0.29, 0.717) is 23.9 Å². The minimum Gasteiger partial charge on any atom is -0.481 e. The molecule has 1 aliphatic heterocycles. The quantitative estimate of drug-likeness (QED) is 0.816. The highest BCUT2D eigenvalue weighted by Gasteiger charge is 2.46. The molecule has 1 N–H and O–H groups in total. The van der Waals surface area contributed by atoms with Crippen LogP contribution in [0.25, 0.3) is 0 Å². The van der Waals surface area contributed by atoms with Crippen LogP contribution >= 0.6 is 11.3 Å². The van der Waals surface area contributed by atoms with E-state index in [4.69, 9.17) is 0 Å². The first-order valence-electron chi connectivity index (χ1n) is 7.63. The zero-order valence-corrected chi connectivity index (χ0v) is 13.1. The molecular formula is C16H19NO4S. The van der Waals surface area contributed by atoms with Crippen LogP contribution in [0, 0.1) is 17.8 Å². The SMILES string of the molecule is O=C(CCC(=O)N1C[C@H](C(=O)O)[C@@H](C2CC2)C1)c1cccs1. The second-order valence-electron chi connectivity index (χ2n) is 6.15. The summed E-state index contributed by atoms with van der Waals surface area (Å²) in [6, 6.07) is 3.58. The number of hydrogen-bond donors (Lipinski definition) is 1. The average molecular weight is 321 g/mol. The van der Waals surface area contributed by atoms with Gasteiger partial charge in [0.2, 0.25) is 5.91 Å². The van der Waals surface area contributed by atoms with Crippen molar-refractivity contribution >= 4 is 29.0 Å². The van der Waals surface area contributed by atoms with Crippen molar-refractivity contribution in [3.8, 4) is 0 Å². The highest BCUT2D eigenvalue weighted by molar-refractivity contribution is 7.12. The van der Waals surface area contributed by atoms with Crippen LogP contribution in [0.4, 0.5) is 0 Å². The van der Waals surface area contributed by atoms with Gasteiger partial charge < -0.3 is 10.0 Å². The number of thiophene rings is 1. The third kappa shape index (κ3) is 3.21. The molecule has 5 nitrogen and oxygen atoms in total. The Morgan fingerprint density at radius 1 is 1.23 bits per heavy atom. The lowest BCUT2D eigenvalue weighted by molar-refractivity contribution is -0.142. The third-order valence-electron chi connectivity index (χ3n) is 4.62. The first kappa shape index (κ1) is 15.2. The van der Waals surface area contributed by atoms with E-state index in [-0.39, 0.29) is 30.4 Å². The molecule has 2 fully saturated rings. The minimum atomic E-state index is -0.804. The van der Waals surface area contributed by atoms with Crippen LogP contribution in [-0.2, 0) is 9.59 Å². The van der Waals surface area contributed by atoms with Gasteiger partial charge in [0.05, 0.1) is 10.8 Å². The van der Waals surface area contributed by atoms with Gasteiger partial charge in [0.15, 0.2) is 5.78 Å². The van der Waals surface area contributed by atoms with Crippen LogP contribution in [-0.4, -0.2) is 40.8 Å². The van der Waals surface area contributed by atoms with Crippen molar-refractivity contribution in [1.29, 1.82) is 0 Å². The predicted molar refractivity (Wildman–Crippen MR) is 81.8 cm³/mol. The normalized spacial score (nSPS) is 24.5. The van der Waals surface area contributed by atoms with E-state index in [1.165, 1.54) is 11.3 Å². The summed E-state index contributed by atoms with van der Waals surface area (Å²) >= 11 is 1.38. The van der Waals surface area contributed by atoms with Gasteiger partial charge in [-0.3, -0.25) is 14.4 Å². The molecule has 2 atom stereocenters. The number of carbonyl (C=O) groups is 3. The van der Waals surface area contributed by atoms with Gasteiger partial charge in [-0.1, -0.05) is 6.07 Å². The molecule has 0 radical (unpaired) electrons. The molecule has 1 aromatic rings. The minimum absolute atomic E-state index is 0.0175. The molecule has 0 spiro atoms. The summed E-state index contributed by atoms with van der Waals surface area (Å²) in [6.07, 6.45) is 2.52. The summed E-state index contributed by atoms with van der Waals surface area (Å²) in [5.41, 5.74) is 0. The molecule has 2 heterocycles. The maximum Gasteiger partial charge on any atom is 0.308 e. The molecule has 118 valence electrons. The van der Waals surface area contributed by atoms with Gasteiger partial charge in [0.25, 0.3) is 0 Å². The molecule has 6 heteroatoms. The lowest BCUT2D eigenvalue weighted by atomic mass is 9.92. The van der Waals surface area contributed by atoms with E-state index in [2.05, 4.69) is 0 Å².